The van der Waals surface area contributed by atoms with Crippen LogP contribution in [0.25, 0.3) is 11.0 Å². The second-order valence-corrected chi connectivity index (χ2v) is 6.97. The van der Waals surface area contributed by atoms with Gasteiger partial charge in [0.1, 0.15) is 11.4 Å². The number of carbonyl (C=O) groups is 1. The molecule has 1 atom stereocenters. The smallest absolute Gasteiger partial charge is 0.410 e. The lowest BCUT2D eigenvalue weighted by atomic mass is 10.2. The number of hydrogen-bond acceptors (Lipinski definition) is 3. The van der Waals surface area contributed by atoms with Gasteiger partial charge < -0.3 is 9.72 Å². The van der Waals surface area contributed by atoms with Crippen molar-refractivity contribution in [2.45, 2.75) is 52.2 Å². The first-order valence-corrected chi connectivity index (χ1v) is 7.79. The van der Waals surface area contributed by atoms with E-state index in [9.17, 15) is 4.79 Å². The van der Waals surface area contributed by atoms with Crippen LogP contribution in [0.5, 0.6) is 0 Å². The molecule has 1 aliphatic heterocycles. The highest BCUT2D eigenvalue weighted by Gasteiger charge is 2.34. The summed E-state index contributed by atoms with van der Waals surface area (Å²) in [5, 5.41) is 0. The first-order chi connectivity index (χ1) is 10.3. The van der Waals surface area contributed by atoms with Crippen LogP contribution in [0, 0.1) is 6.92 Å². The highest BCUT2D eigenvalue weighted by molar-refractivity contribution is 5.76. The molecule has 3 rings (SSSR count). The summed E-state index contributed by atoms with van der Waals surface area (Å²) in [6, 6.07) is 6.12. The van der Waals surface area contributed by atoms with Crippen LogP contribution in [0.3, 0.4) is 0 Å². The average molecular weight is 301 g/mol. The third-order valence-electron chi connectivity index (χ3n) is 3.85. The SMILES string of the molecule is Cc1ccc2nc([C@@H]3CCCN3C(=O)OC(C)(C)C)[nH]c2c1. The minimum Gasteiger partial charge on any atom is -0.444 e. The second-order valence-electron chi connectivity index (χ2n) is 6.97. The highest BCUT2D eigenvalue weighted by atomic mass is 16.6. The van der Waals surface area contributed by atoms with E-state index in [1.54, 1.807) is 4.90 Å². The number of ether oxygens (including phenoxy) is 1. The van der Waals surface area contributed by atoms with E-state index in [0.717, 1.165) is 36.2 Å². The molecule has 1 aromatic heterocycles. The molecule has 118 valence electrons. The molecule has 0 unspecified atom stereocenters. The molecule has 2 aromatic rings. The number of imidazole rings is 1. The van der Waals surface area contributed by atoms with E-state index >= 15 is 0 Å². The van der Waals surface area contributed by atoms with Gasteiger partial charge in [0, 0.05) is 6.54 Å². The molecule has 1 N–H and O–H groups in total. The van der Waals surface area contributed by atoms with Gasteiger partial charge in [-0.3, -0.25) is 4.90 Å². The molecule has 0 saturated carbocycles. The van der Waals surface area contributed by atoms with Crippen molar-refractivity contribution < 1.29 is 9.53 Å². The molecule has 22 heavy (non-hydrogen) atoms. The third-order valence-corrected chi connectivity index (χ3v) is 3.85. The molecule has 1 aromatic carbocycles. The van der Waals surface area contributed by atoms with E-state index in [1.807, 2.05) is 32.9 Å². The van der Waals surface area contributed by atoms with Gasteiger partial charge >= 0.3 is 6.09 Å². The summed E-state index contributed by atoms with van der Waals surface area (Å²) in [6.07, 6.45) is 1.63. The molecule has 0 aliphatic carbocycles. The zero-order valence-corrected chi connectivity index (χ0v) is 13.6. The van der Waals surface area contributed by atoms with E-state index in [2.05, 4.69) is 23.0 Å². The van der Waals surface area contributed by atoms with E-state index in [-0.39, 0.29) is 12.1 Å². The largest absolute Gasteiger partial charge is 0.444 e. The molecule has 0 bridgehead atoms. The van der Waals surface area contributed by atoms with Gasteiger partial charge in [-0.25, -0.2) is 9.78 Å². The number of amides is 1. The van der Waals surface area contributed by atoms with Crippen LogP contribution >= 0.6 is 0 Å². The molecule has 0 radical (unpaired) electrons. The Kier molecular flexibility index (Phi) is 3.59. The average Bonchev–Trinajstić information content (AvgIpc) is 3.01. The number of rotatable bonds is 1. The molecule has 2 heterocycles. The summed E-state index contributed by atoms with van der Waals surface area (Å²) >= 11 is 0. The number of benzene rings is 1. The van der Waals surface area contributed by atoms with Gasteiger partial charge in [0.05, 0.1) is 17.1 Å². The summed E-state index contributed by atoms with van der Waals surface area (Å²) in [5.41, 5.74) is 2.68. The number of aromatic nitrogens is 2. The second kappa shape index (κ2) is 5.30. The Morgan fingerprint density at radius 3 is 2.91 bits per heavy atom. The van der Waals surface area contributed by atoms with Crippen molar-refractivity contribution >= 4 is 17.1 Å². The van der Waals surface area contributed by atoms with Crippen LogP contribution in [0.1, 0.15) is 51.0 Å². The van der Waals surface area contributed by atoms with Gasteiger partial charge in [-0.15, -0.1) is 0 Å². The van der Waals surface area contributed by atoms with Gasteiger partial charge in [-0.05, 0) is 58.2 Å². The Morgan fingerprint density at radius 2 is 2.18 bits per heavy atom. The van der Waals surface area contributed by atoms with E-state index in [1.165, 1.54) is 5.56 Å². The number of aryl methyl sites for hydroxylation is 1. The van der Waals surface area contributed by atoms with Crippen LogP contribution in [0.4, 0.5) is 4.79 Å². The fourth-order valence-corrected chi connectivity index (χ4v) is 2.89. The minimum atomic E-state index is -0.477. The van der Waals surface area contributed by atoms with Crippen molar-refractivity contribution in [3.8, 4) is 0 Å². The van der Waals surface area contributed by atoms with Gasteiger partial charge in [-0.2, -0.15) is 0 Å². The Balaban J connectivity index is 1.86. The van der Waals surface area contributed by atoms with Gasteiger partial charge in [0.25, 0.3) is 0 Å². The molecular weight excluding hydrogens is 278 g/mol. The molecular formula is C17H23N3O2. The van der Waals surface area contributed by atoms with Gasteiger partial charge in [0.2, 0.25) is 0 Å². The number of likely N-dealkylation sites (tertiary alicyclic amines) is 1. The fourth-order valence-electron chi connectivity index (χ4n) is 2.89. The predicted octanol–water partition coefficient (Wildman–Crippen LogP) is 3.94. The highest BCUT2D eigenvalue weighted by Crippen LogP contribution is 2.32. The lowest BCUT2D eigenvalue weighted by Crippen LogP contribution is -2.36. The molecule has 5 nitrogen and oxygen atoms in total. The number of fused-ring (bicyclic) bond motifs is 1. The fraction of sp³-hybridized carbons (Fsp3) is 0.529. The maximum Gasteiger partial charge on any atom is 0.410 e. The third kappa shape index (κ3) is 2.93. The van der Waals surface area contributed by atoms with Gasteiger partial charge in [0.15, 0.2) is 0 Å². The monoisotopic (exact) mass is 301 g/mol. The number of hydrogen-bond donors (Lipinski definition) is 1. The topological polar surface area (TPSA) is 58.2 Å². The van der Waals surface area contributed by atoms with Crippen LogP contribution in [0.2, 0.25) is 0 Å². The molecule has 1 fully saturated rings. The Hall–Kier alpha value is -2.04. The Morgan fingerprint density at radius 1 is 1.41 bits per heavy atom. The number of carbonyl (C=O) groups excluding carboxylic acids is 1. The van der Waals surface area contributed by atoms with Crippen molar-refractivity contribution in [1.29, 1.82) is 0 Å². The van der Waals surface area contributed by atoms with Crippen molar-refractivity contribution in [3.63, 3.8) is 0 Å². The molecule has 1 aliphatic rings. The summed E-state index contributed by atoms with van der Waals surface area (Å²) in [5.74, 6) is 0.851. The molecule has 1 saturated heterocycles. The van der Waals surface area contributed by atoms with Crippen molar-refractivity contribution in [3.05, 3.63) is 29.6 Å². The molecule has 0 spiro atoms. The summed E-state index contributed by atoms with van der Waals surface area (Å²) in [6.45, 7) is 8.44. The number of aromatic amines is 1. The first-order valence-electron chi connectivity index (χ1n) is 7.79. The zero-order valence-electron chi connectivity index (χ0n) is 13.6. The summed E-state index contributed by atoms with van der Waals surface area (Å²) in [7, 11) is 0. The van der Waals surface area contributed by atoms with Crippen molar-refractivity contribution in [2.24, 2.45) is 0 Å². The maximum absolute atomic E-state index is 12.4. The van der Waals surface area contributed by atoms with Crippen LogP contribution < -0.4 is 0 Å². The lowest BCUT2D eigenvalue weighted by Gasteiger charge is -2.27. The number of nitrogens with one attached hydrogen (secondary N) is 1. The van der Waals surface area contributed by atoms with Crippen molar-refractivity contribution in [2.75, 3.05) is 6.54 Å². The quantitative estimate of drug-likeness (QED) is 0.867. The lowest BCUT2D eigenvalue weighted by molar-refractivity contribution is 0.0219. The van der Waals surface area contributed by atoms with E-state index in [4.69, 9.17) is 4.74 Å². The predicted molar refractivity (Wildman–Crippen MR) is 85.7 cm³/mol. The maximum atomic E-state index is 12.4. The summed E-state index contributed by atoms with van der Waals surface area (Å²) < 4.78 is 5.51. The van der Waals surface area contributed by atoms with Crippen LogP contribution in [-0.2, 0) is 4.74 Å². The number of H-pyrrole nitrogens is 1. The Labute approximate surface area is 130 Å². The molecule has 5 heteroatoms. The minimum absolute atomic E-state index is 0.0254. The zero-order chi connectivity index (χ0) is 15.9. The summed E-state index contributed by atoms with van der Waals surface area (Å²) in [4.78, 5) is 22.2. The first kappa shape index (κ1) is 14.9. The molecule has 1 amide bonds. The van der Waals surface area contributed by atoms with Crippen LogP contribution in [0.15, 0.2) is 18.2 Å². The van der Waals surface area contributed by atoms with E-state index in [0.29, 0.717) is 0 Å². The van der Waals surface area contributed by atoms with E-state index < -0.39 is 5.60 Å². The van der Waals surface area contributed by atoms with Crippen LogP contribution in [-0.4, -0.2) is 33.1 Å². The normalized spacial score (nSPS) is 18.9. The number of nitrogens with zero attached hydrogens (tertiary/aromatic N) is 2. The standard InChI is InChI=1S/C17H23N3O2/c1-11-7-8-12-13(10-11)19-15(18-12)14-6-5-9-20(14)16(21)22-17(2,3)4/h7-8,10,14H,5-6,9H2,1-4H3,(H,18,19)/t14-/m0/s1. The van der Waals surface area contributed by atoms with Gasteiger partial charge in [-0.1, -0.05) is 6.07 Å². The Bertz CT molecular complexity index is 699. The van der Waals surface area contributed by atoms with Crippen molar-refractivity contribution in [1.82, 2.24) is 14.9 Å².